The van der Waals surface area contributed by atoms with Gasteiger partial charge in [0.25, 0.3) is 0 Å². The van der Waals surface area contributed by atoms with Gasteiger partial charge in [0.05, 0.1) is 17.5 Å². The van der Waals surface area contributed by atoms with E-state index in [-0.39, 0.29) is 18.4 Å². The average molecular weight is 338 g/mol. The predicted octanol–water partition coefficient (Wildman–Crippen LogP) is 3.53. The van der Waals surface area contributed by atoms with E-state index in [1.54, 1.807) is 18.2 Å². The number of amides is 2. The number of anilines is 2. The Kier molecular flexibility index (Phi) is 4.49. The van der Waals surface area contributed by atoms with Gasteiger partial charge in [0, 0.05) is 11.8 Å². The summed E-state index contributed by atoms with van der Waals surface area (Å²) in [5, 5.41) is 5.74. The van der Waals surface area contributed by atoms with Gasteiger partial charge in [-0.25, -0.2) is 0 Å². The zero-order chi connectivity index (χ0) is 18.0. The van der Waals surface area contributed by atoms with Crippen LogP contribution in [0.2, 0.25) is 0 Å². The van der Waals surface area contributed by atoms with Crippen molar-refractivity contribution in [1.82, 2.24) is 0 Å². The molecule has 0 bridgehead atoms. The molecule has 0 unspecified atom stereocenters. The molecule has 5 heteroatoms. The van der Waals surface area contributed by atoms with Gasteiger partial charge >= 0.3 is 0 Å². The van der Waals surface area contributed by atoms with Gasteiger partial charge < -0.3 is 15.4 Å². The molecule has 0 radical (unpaired) electrons. The van der Waals surface area contributed by atoms with Crippen LogP contribution >= 0.6 is 0 Å². The maximum atomic E-state index is 12.3. The quantitative estimate of drug-likeness (QED) is 0.899. The highest BCUT2D eigenvalue weighted by Crippen LogP contribution is 2.34. The SMILES string of the molecule is Cc1cccc(CC(=O)Nc2ccc3c(c2)OCC(C)(C)C(=O)N3)c1. The summed E-state index contributed by atoms with van der Waals surface area (Å²) < 4.78 is 5.76. The number of fused-ring (bicyclic) bond motifs is 1. The highest BCUT2D eigenvalue weighted by Gasteiger charge is 2.32. The number of hydrogen-bond acceptors (Lipinski definition) is 3. The molecule has 130 valence electrons. The Labute approximate surface area is 147 Å². The minimum absolute atomic E-state index is 0.0810. The molecule has 1 aliphatic rings. The largest absolute Gasteiger partial charge is 0.490 e. The first kappa shape index (κ1) is 17.0. The van der Waals surface area contributed by atoms with Crippen LogP contribution in [0.4, 0.5) is 11.4 Å². The molecule has 0 aromatic heterocycles. The van der Waals surface area contributed by atoms with Crippen molar-refractivity contribution in [1.29, 1.82) is 0 Å². The molecule has 2 aromatic carbocycles. The molecule has 1 heterocycles. The van der Waals surface area contributed by atoms with E-state index in [0.717, 1.165) is 11.1 Å². The number of carbonyl (C=O) groups is 2. The highest BCUT2D eigenvalue weighted by molar-refractivity contribution is 5.98. The van der Waals surface area contributed by atoms with E-state index in [4.69, 9.17) is 4.74 Å². The molecule has 1 aliphatic heterocycles. The molecule has 2 N–H and O–H groups in total. The van der Waals surface area contributed by atoms with Crippen LogP contribution in [0, 0.1) is 12.3 Å². The first-order valence-corrected chi connectivity index (χ1v) is 8.27. The second kappa shape index (κ2) is 6.59. The highest BCUT2D eigenvalue weighted by atomic mass is 16.5. The minimum atomic E-state index is -0.604. The predicted molar refractivity (Wildman–Crippen MR) is 97.9 cm³/mol. The zero-order valence-corrected chi connectivity index (χ0v) is 14.7. The fourth-order valence-electron chi connectivity index (χ4n) is 2.65. The number of ether oxygens (including phenoxy) is 1. The van der Waals surface area contributed by atoms with Crippen molar-refractivity contribution < 1.29 is 14.3 Å². The fraction of sp³-hybridized carbons (Fsp3) is 0.300. The summed E-state index contributed by atoms with van der Waals surface area (Å²) in [4.78, 5) is 24.4. The fourth-order valence-corrected chi connectivity index (χ4v) is 2.65. The average Bonchev–Trinajstić information content (AvgIpc) is 2.64. The van der Waals surface area contributed by atoms with E-state index in [1.807, 2.05) is 45.0 Å². The Morgan fingerprint density at radius 3 is 2.80 bits per heavy atom. The van der Waals surface area contributed by atoms with Gasteiger partial charge in [0.2, 0.25) is 11.8 Å². The van der Waals surface area contributed by atoms with Crippen LogP contribution in [-0.4, -0.2) is 18.4 Å². The molecule has 5 nitrogen and oxygen atoms in total. The third-order valence-corrected chi connectivity index (χ3v) is 4.16. The van der Waals surface area contributed by atoms with Crippen molar-refractivity contribution in [3.8, 4) is 5.75 Å². The van der Waals surface area contributed by atoms with E-state index < -0.39 is 5.41 Å². The van der Waals surface area contributed by atoms with Crippen molar-refractivity contribution in [2.75, 3.05) is 17.2 Å². The molecule has 25 heavy (non-hydrogen) atoms. The van der Waals surface area contributed by atoms with Crippen molar-refractivity contribution in [2.45, 2.75) is 27.2 Å². The first-order chi connectivity index (χ1) is 11.8. The number of hydrogen-bond donors (Lipinski definition) is 2. The summed E-state index contributed by atoms with van der Waals surface area (Å²) in [6, 6.07) is 13.1. The third kappa shape index (κ3) is 3.99. The van der Waals surface area contributed by atoms with Gasteiger partial charge in [-0.1, -0.05) is 29.8 Å². The van der Waals surface area contributed by atoms with Gasteiger partial charge in [-0.3, -0.25) is 9.59 Å². The lowest BCUT2D eigenvalue weighted by atomic mass is 9.94. The van der Waals surface area contributed by atoms with Crippen LogP contribution in [0.1, 0.15) is 25.0 Å². The molecule has 0 saturated heterocycles. The Hall–Kier alpha value is -2.82. The van der Waals surface area contributed by atoms with Crippen LogP contribution in [0.3, 0.4) is 0 Å². The molecule has 0 spiro atoms. The van der Waals surface area contributed by atoms with Crippen molar-refractivity contribution in [2.24, 2.45) is 5.41 Å². The summed E-state index contributed by atoms with van der Waals surface area (Å²) in [5.74, 6) is 0.387. The second-order valence-corrected chi connectivity index (χ2v) is 7.05. The molecule has 2 amide bonds. The van der Waals surface area contributed by atoms with E-state index in [9.17, 15) is 9.59 Å². The Balaban J connectivity index is 1.71. The second-order valence-electron chi connectivity index (χ2n) is 7.05. The van der Waals surface area contributed by atoms with Crippen LogP contribution < -0.4 is 15.4 Å². The molecule has 0 atom stereocenters. The minimum Gasteiger partial charge on any atom is -0.490 e. The Morgan fingerprint density at radius 1 is 1.24 bits per heavy atom. The maximum absolute atomic E-state index is 12.3. The monoisotopic (exact) mass is 338 g/mol. The first-order valence-electron chi connectivity index (χ1n) is 8.27. The van der Waals surface area contributed by atoms with Gasteiger partial charge in [0.1, 0.15) is 12.4 Å². The molecule has 2 aromatic rings. The summed E-state index contributed by atoms with van der Waals surface area (Å²) >= 11 is 0. The van der Waals surface area contributed by atoms with Crippen LogP contribution in [0.25, 0.3) is 0 Å². The number of carbonyl (C=O) groups excluding carboxylic acids is 2. The van der Waals surface area contributed by atoms with Crippen LogP contribution in [-0.2, 0) is 16.0 Å². The topological polar surface area (TPSA) is 67.4 Å². The lowest BCUT2D eigenvalue weighted by molar-refractivity contribution is -0.125. The molecule has 3 rings (SSSR count). The molecular weight excluding hydrogens is 316 g/mol. The summed E-state index contributed by atoms with van der Waals surface area (Å²) in [7, 11) is 0. The molecule has 0 saturated carbocycles. The van der Waals surface area contributed by atoms with E-state index in [2.05, 4.69) is 10.6 Å². The zero-order valence-electron chi connectivity index (χ0n) is 14.7. The smallest absolute Gasteiger partial charge is 0.233 e. The van der Waals surface area contributed by atoms with Crippen molar-refractivity contribution in [3.05, 3.63) is 53.6 Å². The van der Waals surface area contributed by atoms with Crippen LogP contribution in [0.15, 0.2) is 42.5 Å². The van der Waals surface area contributed by atoms with Gasteiger partial charge in [-0.15, -0.1) is 0 Å². The number of rotatable bonds is 3. The standard InChI is InChI=1S/C20H22N2O3/c1-13-5-4-6-14(9-13)10-18(23)21-15-7-8-16-17(11-15)25-12-20(2,3)19(24)22-16/h4-9,11H,10,12H2,1-3H3,(H,21,23)(H,22,24). The number of aryl methyl sites for hydroxylation is 1. The lowest BCUT2D eigenvalue weighted by Crippen LogP contribution is -2.33. The summed E-state index contributed by atoms with van der Waals surface area (Å²) in [6.07, 6.45) is 0.309. The number of benzene rings is 2. The Morgan fingerprint density at radius 2 is 2.04 bits per heavy atom. The third-order valence-electron chi connectivity index (χ3n) is 4.16. The maximum Gasteiger partial charge on any atom is 0.233 e. The van der Waals surface area contributed by atoms with E-state index >= 15 is 0 Å². The lowest BCUT2D eigenvalue weighted by Gasteiger charge is -2.18. The van der Waals surface area contributed by atoms with Crippen molar-refractivity contribution in [3.63, 3.8) is 0 Å². The van der Waals surface area contributed by atoms with Gasteiger partial charge in [-0.2, -0.15) is 0 Å². The number of nitrogens with one attached hydrogen (secondary N) is 2. The summed E-state index contributed by atoms with van der Waals surface area (Å²) in [6.45, 7) is 5.95. The van der Waals surface area contributed by atoms with Gasteiger partial charge in [0.15, 0.2) is 0 Å². The molecular formula is C20H22N2O3. The van der Waals surface area contributed by atoms with Crippen LogP contribution in [0.5, 0.6) is 5.75 Å². The Bertz CT molecular complexity index is 827. The molecule has 0 fully saturated rings. The molecule has 0 aliphatic carbocycles. The van der Waals surface area contributed by atoms with E-state index in [1.165, 1.54) is 0 Å². The summed E-state index contributed by atoms with van der Waals surface area (Å²) in [5.41, 5.74) is 2.75. The van der Waals surface area contributed by atoms with E-state index in [0.29, 0.717) is 23.5 Å². The normalized spacial score (nSPS) is 15.4. The van der Waals surface area contributed by atoms with Crippen molar-refractivity contribution >= 4 is 23.2 Å². The van der Waals surface area contributed by atoms with Gasteiger partial charge in [-0.05, 0) is 38.5 Å².